The number of ketones is 1. The van der Waals surface area contributed by atoms with Gasteiger partial charge < -0.3 is 10.0 Å². The number of aliphatic hydroxyl groups is 1. The van der Waals surface area contributed by atoms with Gasteiger partial charge >= 0.3 is 0 Å². The standard InChI is InChI=1S/C20H22BrNO3S/c21-15-7-5-14(6-8-15)17(23)9-10-20(25)22-11-1-3-16(22)13-18(24)19-4-2-12-26-19/h2,4-8,12,16,18,24H,1,3,9-11,13H2/t16-,18+/m0/s1. The fourth-order valence-corrected chi connectivity index (χ4v) is 4.40. The van der Waals surface area contributed by atoms with Crippen LogP contribution >= 0.6 is 27.3 Å². The van der Waals surface area contributed by atoms with Gasteiger partial charge in [-0.15, -0.1) is 11.3 Å². The number of Topliss-reactive ketones (excluding diaryl/α,β-unsaturated/α-hetero) is 1. The Balaban J connectivity index is 1.53. The van der Waals surface area contributed by atoms with Gasteiger partial charge in [0, 0.05) is 40.3 Å². The number of carbonyl (C=O) groups excluding carboxylic acids is 2. The van der Waals surface area contributed by atoms with E-state index in [1.165, 1.54) is 11.3 Å². The lowest BCUT2D eigenvalue weighted by Gasteiger charge is -2.26. The van der Waals surface area contributed by atoms with Crippen LogP contribution in [0.1, 0.15) is 53.4 Å². The van der Waals surface area contributed by atoms with E-state index in [-0.39, 0.29) is 30.6 Å². The summed E-state index contributed by atoms with van der Waals surface area (Å²) in [6.07, 6.45) is 2.34. The van der Waals surface area contributed by atoms with E-state index >= 15 is 0 Å². The van der Waals surface area contributed by atoms with Crippen LogP contribution in [-0.2, 0) is 4.79 Å². The second kappa shape index (κ2) is 8.93. The molecule has 2 aromatic rings. The predicted octanol–water partition coefficient (Wildman–Crippen LogP) is 4.59. The Kier molecular flexibility index (Phi) is 6.62. The van der Waals surface area contributed by atoms with Crippen LogP contribution in [0.15, 0.2) is 46.3 Å². The Hall–Kier alpha value is -1.50. The average molecular weight is 436 g/mol. The van der Waals surface area contributed by atoms with Gasteiger partial charge in [0.05, 0.1) is 6.10 Å². The summed E-state index contributed by atoms with van der Waals surface area (Å²) in [4.78, 5) is 27.7. The molecule has 0 unspecified atom stereocenters. The zero-order chi connectivity index (χ0) is 18.5. The number of nitrogens with zero attached hydrogens (tertiary/aromatic N) is 1. The zero-order valence-corrected chi connectivity index (χ0v) is 16.8. The van der Waals surface area contributed by atoms with Crippen molar-refractivity contribution in [2.45, 2.75) is 44.2 Å². The van der Waals surface area contributed by atoms with Crippen LogP contribution in [0.2, 0.25) is 0 Å². The summed E-state index contributed by atoms with van der Waals surface area (Å²) in [6.45, 7) is 0.715. The summed E-state index contributed by atoms with van der Waals surface area (Å²) in [6, 6.07) is 11.1. The average Bonchev–Trinajstić information content (AvgIpc) is 3.31. The summed E-state index contributed by atoms with van der Waals surface area (Å²) in [5.41, 5.74) is 0.632. The third-order valence-corrected chi connectivity index (χ3v) is 6.30. The van der Waals surface area contributed by atoms with Crippen LogP contribution in [0.4, 0.5) is 0 Å². The van der Waals surface area contributed by atoms with Crippen LogP contribution in [0.25, 0.3) is 0 Å². The van der Waals surface area contributed by atoms with E-state index in [0.717, 1.165) is 22.2 Å². The van der Waals surface area contributed by atoms with Gasteiger partial charge in [0.15, 0.2) is 5.78 Å². The smallest absolute Gasteiger partial charge is 0.223 e. The molecule has 1 aromatic heterocycles. The normalized spacial score (nSPS) is 18.1. The predicted molar refractivity (Wildman–Crippen MR) is 106 cm³/mol. The maximum absolute atomic E-state index is 12.6. The van der Waals surface area contributed by atoms with Gasteiger partial charge in [0.25, 0.3) is 0 Å². The highest BCUT2D eigenvalue weighted by Crippen LogP contribution is 2.30. The minimum atomic E-state index is -0.530. The maximum Gasteiger partial charge on any atom is 0.223 e. The number of benzene rings is 1. The van der Waals surface area contributed by atoms with Crippen LogP contribution < -0.4 is 0 Å². The molecule has 0 saturated carbocycles. The molecule has 1 N–H and O–H groups in total. The van der Waals surface area contributed by atoms with Crippen molar-refractivity contribution >= 4 is 39.0 Å². The molecule has 1 fully saturated rings. The number of hydrogen-bond acceptors (Lipinski definition) is 4. The zero-order valence-electron chi connectivity index (χ0n) is 14.4. The van der Waals surface area contributed by atoms with Gasteiger partial charge in [-0.3, -0.25) is 9.59 Å². The highest BCUT2D eigenvalue weighted by atomic mass is 79.9. The summed E-state index contributed by atoms with van der Waals surface area (Å²) >= 11 is 4.89. The first kappa shape index (κ1) is 19.3. The molecule has 0 radical (unpaired) electrons. The molecule has 2 heterocycles. The van der Waals surface area contributed by atoms with Gasteiger partial charge in [0.1, 0.15) is 0 Å². The van der Waals surface area contributed by atoms with Gasteiger partial charge in [-0.05, 0) is 42.8 Å². The number of thiophene rings is 1. The third kappa shape index (κ3) is 4.81. The van der Waals surface area contributed by atoms with Gasteiger partial charge in [-0.1, -0.05) is 34.1 Å². The monoisotopic (exact) mass is 435 g/mol. The molecule has 1 saturated heterocycles. The number of hydrogen-bond donors (Lipinski definition) is 1. The molecule has 2 atom stereocenters. The molecule has 3 rings (SSSR count). The van der Waals surface area contributed by atoms with Crippen molar-refractivity contribution < 1.29 is 14.7 Å². The van der Waals surface area contributed by atoms with Crippen LogP contribution in [0, 0.1) is 0 Å². The molecule has 6 heteroatoms. The lowest BCUT2D eigenvalue weighted by atomic mass is 10.0. The molecular formula is C20H22BrNO3S. The minimum Gasteiger partial charge on any atom is -0.387 e. The SMILES string of the molecule is O=C(CCC(=O)N1CCC[C@H]1C[C@@H](O)c1cccs1)c1ccc(Br)cc1. The maximum atomic E-state index is 12.6. The lowest BCUT2D eigenvalue weighted by molar-refractivity contribution is -0.132. The Morgan fingerprint density at radius 3 is 2.69 bits per heavy atom. The first-order valence-corrected chi connectivity index (χ1v) is 10.5. The summed E-state index contributed by atoms with van der Waals surface area (Å²) in [5, 5.41) is 12.3. The minimum absolute atomic E-state index is 0.0105. The van der Waals surface area contributed by atoms with Gasteiger partial charge in [0.2, 0.25) is 5.91 Å². The van der Waals surface area contributed by atoms with Crippen LogP contribution in [0.5, 0.6) is 0 Å². The van der Waals surface area contributed by atoms with E-state index in [4.69, 9.17) is 0 Å². The number of carbonyl (C=O) groups is 2. The molecule has 1 aromatic carbocycles. The summed E-state index contributed by atoms with van der Waals surface area (Å²) in [7, 11) is 0. The Morgan fingerprint density at radius 2 is 2.00 bits per heavy atom. The van der Waals surface area contributed by atoms with Crippen molar-refractivity contribution in [3.05, 3.63) is 56.7 Å². The van der Waals surface area contributed by atoms with E-state index in [0.29, 0.717) is 18.5 Å². The van der Waals surface area contributed by atoms with Crippen molar-refractivity contribution in [1.29, 1.82) is 0 Å². The number of halogens is 1. The first-order valence-electron chi connectivity index (χ1n) is 8.84. The molecule has 4 nitrogen and oxygen atoms in total. The molecule has 1 aliphatic heterocycles. The van der Waals surface area contributed by atoms with Gasteiger partial charge in [-0.2, -0.15) is 0 Å². The van der Waals surface area contributed by atoms with Crippen molar-refractivity contribution in [2.75, 3.05) is 6.54 Å². The summed E-state index contributed by atoms with van der Waals surface area (Å²) in [5.74, 6) is -0.00319. The molecule has 1 aliphatic rings. The topological polar surface area (TPSA) is 57.6 Å². The molecule has 0 aliphatic carbocycles. The Bertz CT molecular complexity index is 745. The molecule has 0 bridgehead atoms. The first-order chi connectivity index (χ1) is 12.5. The fraction of sp³-hybridized carbons (Fsp3) is 0.400. The quantitative estimate of drug-likeness (QED) is 0.646. The Morgan fingerprint density at radius 1 is 1.23 bits per heavy atom. The largest absolute Gasteiger partial charge is 0.387 e. The van der Waals surface area contributed by atoms with Crippen molar-refractivity contribution in [3.8, 4) is 0 Å². The Labute approximate surface area is 166 Å². The number of rotatable bonds is 7. The van der Waals surface area contributed by atoms with E-state index in [1.54, 1.807) is 12.1 Å². The highest BCUT2D eigenvalue weighted by molar-refractivity contribution is 9.10. The molecule has 0 spiro atoms. The van der Waals surface area contributed by atoms with E-state index in [1.807, 2.05) is 34.5 Å². The van der Waals surface area contributed by atoms with Crippen molar-refractivity contribution in [2.24, 2.45) is 0 Å². The lowest BCUT2D eigenvalue weighted by Crippen LogP contribution is -2.36. The fourth-order valence-electron chi connectivity index (χ4n) is 3.41. The van der Waals surface area contributed by atoms with E-state index in [2.05, 4.69) is 15.9 Å². The van der Waals surface area contributed by atoms with Crippen LogP contribution in [0.3, 0.4) is 0 Å². The second-order valence-corrected chi connectivity index (χ2v) is 8.48. The van der Waals surface area contributed by atoms with Crippen molar-refractivity contribution in [3.63, 3.8) is 0 Å². The number of likely N-dealkylation sites (tertiary alicyclic amines) is 1. The molecular weight excluding hydrogens is 414 g/mol. The second-order valence-electron chi connectivity index (χ2n) is 6.58. The van der Waals surface area contributed by atoms with E-state index in [9.17, 15) is 14.7 Å². The highest BCUT2D eigenvalue weighted by Gasteiger charge is 2.30. The molecule has 1 amide bonds. The van der Waals surface area contributed by atoms with Gasteiger partial charge in [-0.25, -0.2) is 0 Å². The van der Waals surface area contributed by atoms with Crippen LogP contribution in [-0.4, -0.2) is 34.3 Å². The van der Waals surface area contributed by atoms with E-state index < -0.39 is 6.10 Å². The number of amides is 1. The third-order valence-electron chi connectivity index (χ3n) is 4.80. The number of aliphatic hydroxyl groups excluding tert-OH is 1. The van der Waals surface area contributed by atoms with Crippen molar-refractivity contribution in [1.82, 2.24) is 4.90 Å². The molecule has 26 heavy (non-hydrogen) atoms. The molecule has 138 valence electrons. The summed E-state index contributed by atoms with van der Waals surface area (Å²) < 4.78 is 0.925.